The molecule has 114 valence electrons. The Morgan fingerprint density at radius 2 is 2.33 bits per heavy atom. The highest BCUT2D eigenvalue weighted by atomic mass is 19.1. The van der Waals surface area contributed by atoms with Crippen LogP contribution in [0.1, 0.15) is 20.1 Å². The standard InChI is InChI=1S/C12H15FN4O4/c1-3-4-12(13)9(19)8(6(2)18)21-10(12)17-11(20)16-7(14)5-15-17/h5-6,8-10,18-19H,1-2H3,(H2,14,16,20)/t6-,8+,9?,10+,12+/m0/s1. The lowest BCUT2D eigenvalue weighted by atomic mass is 9.94. The maximum Gasteiger partial charge on any atom is 0.368 e. The molecular formula is C12H15FN4O4. The second-order valence-electron chi connectivity index (χ2n) is 4.69. The van der Waals surface area contributed by atoms with Gasteiger partial charge in [-0.15, -0.1) is 5.92 Å². The van der Waals surface area contributed by atoms with Crippen LogP contribution < -0.4 is 11.4 Å². The molecule has 2 heterocycles. The Morgan fingerprint density at radius 1 is 1.67 bits per heavy atom. The molecule has 21 heavy (non-hydrogen) atoms. The number of aliphatic hydroxyl groups is 2. The fourth-order valence-electron chi connectivity index (χ4n) is 2.17. The van der Waals surface area contributed by atoms with Gasteiger partial charge in [-0.05, 0) is 13.8 Å². The Bertz CT molecular complexity index is 653. The van der Waals surface area contributed by atoms with Crippen LogP contribution >= 0.6 is 0 Å². The lowest BCUT2D eigenvalue weighted by molar-refractivity contribution is -0.0849. The molecule has 1 fully saturated rings. The van der Waals surface area contributed by atoms with Gasteiger partial charge in [-0.25, -0.2) is 9.18 Å². The molecule has 2 rings (SSSR count). The van der Waals surface area contributed by atoms with Crippen molar-refractivity contribution in [3.63, 3.8) is 0 Å². The van der Waals surface area contributed by atoms with Gasteiger partial charge in [0.15, 0.2) is 0 Å². The summed E-state index contributed by atoms with van der Waals surface area (Å²) in [6.07, 6.45) is -4.77. The van der Waals surface area contributed by atoms with Crippen LogP contribution in [0.2, 0.25) is 0 Å². The Hall–Kier alpha value is -2.02. The lowest BCUT2D eigenvalue weighted by Crippen LogP contribution is -2.46. The Balaban J connectivity index is 2.54. The molecule has 0 aromatic carbocycles. The van der Waals surface area contributed by atoms with E-state index in [9.17, 15) is 15.0 Å². The highest BCUT2D eigenvalue weighted by molar-refractivity contribution is 5.24. The van der Waals surface area contributed by atoms with Crippen LogP contribution in [0.4, 0.5) is 10.2 Å². The summed E-state index contributed by atoms with van der Waals surface area (Å²) in [5.41, 5.74) is 1.76. The predicted molar refractivity (Wildman–Crippen MR) is 69.6 cm³/mol. The molecule has 1 aromatic rings. The summed E-state index contributed by atoms with van der Waals surface area (Å²) in [6.45, 7) is 2.70. The van der Waals surface area contributed by atoms with Crippen molar-refractivity contribution in [1.82, 2.24) is 14.8 Å². The topological polar surface area (TPSA) is 123 Å². The lowest BCUT2D eigenvalue weighted by Gasteiger charge is -2.23. The number of halogens is 1. The van der Waals surface area contributed by atoms with Gasteiger partial charge >= 0.3 is 5.69 Å². The third-order valence-electron chi connectivity index (χ3n) is 3.14. The van der Waals surface area contributed by atoms with Crippen molar-refractivity contribution >= 4 is 5.82 Å². The van der Waals surface area contributed by atoms with E-state index in [1.165, 1.54) is 13.8 Å². The first-order valence-electron chi connectivity index (χ1n) is 6.17. The second-order valence-corrected chi connectivity index (χ2v) is 4.69. The quantitative estimate of drug-likeness (QED) is 0.573. The summed E-state index contributed by atoms with van der Waals surface area (Å²) in [6, 6.07) is 0. The number of aromatic nitrogens is 3. The first-order chi connectivity index (χ1) is 9.81. The number of alkyl halides is 1. The van der Waals surface area contributed by atoms with E-state index in [2.05, 4.69) is 21.9 Å². The van der Waals surface area contributed by atoms with Crippen molar-refractivity contribution in [2.24, 2.45) is 0 Å². The van der Waals surface area contributed by atoms with Crippen molar-refractivity contribution in [2.45, 2.75) is 44.1 Å². The van der Waals surface area contributed by atoms with E-state index in [0.29, 0.717) is 4.68 Å². The minimum atomic E-state index is -2.61. The van der Waals surface area contributed by atoms with E-state index >= 15 is 4.39 Å². The molecule has 0 saturated carbocycles. The molecule has 1 aromatic heterocycles. The largest absolute Gasteiger partial charge is 0.391 e. The van der Waals surface area contributed by atoms with Gasteiger partial charge < -0.3 is 20.7 Å². The third-order valence-corrected chi connectivity index (χ3v) is 3.14. The molecular weight excluding hydrogens is 283 g/mol. The number of hydrogen-bond donors (Lipinski definition) is 3. The first-order valence-corrected chi connectivity index (χ1v) is 6.17. The van der Waals surface area contributed by atoms with E-state index in [4.69, 9.17) is 10.5 Å². The Morgan fingerprint density at radius 3 is 2.86 bits per heavy atom. The zero-order valence-corrected chi connectivity index (χ0v) is 11.4. The molecule has 0 radical (unpaired) electrons. The normalized spacial score (nSPS) is 33.3. The summed E-state index contributed by atoms with van der Waals surface area (Å²) >= 11 is 0. The number of nitrogens with two attached hydrogens (primary N) is 1. The molecule has 4 N–H and O–H groups in total. The monoisotopic (exact) mass is 298 g/mol. The molecule has 0 amide bonds. The average Bonchev–Trinajstić information content (AvgIpc) is 2.64. The van der Waals surface area contributed by atoms with Crippen LogP contribution in [0.3, 0.4) is 0 Å². The van der Waals surface area contributed by atoms with Crippen LogP contribution in [0.15, 0.2) is 11.0 Å². The zero-order valence-electron chi connectivity index (χ0n) is 11.4. The van der Waals surface area contributed by atoms with Gasteiger partial charge in [0, 0.05) is 0 Å². The fourth-order valence-corrected chi connectivity index (χ4v) is 2.17. The highest BCUT2D eigenvalue weighted by Gasteiger charge is 2.59. The zero-order chi connectivity index (χ0) is 15.8. The summed E-state index contributed by atoms with van der Waals surface area (Å²) in [5, 5.41) is 23.3. The van der Waals surface area contributed by atoms with E-state index in [1.54, 1.807) is 0 Å². The van der Waals surface area contributed by atoms with Crippen LogP contribution in [0.5, 0.6) is 0 Å². The van der Waals surface area contributed by atoms with Gasteiger partial charge in [-0.3, -0.25) is 0 Å². The maximum absolute atomic E-state index is 15.0. The second kappa shape index (κ2) is 5.40. The molecule has 0 aliphatic carbocycles. The number of aliphatic hydroxyl groups excluding tert-OH is 2. The molecule has 9 heteroatoms. The average molecular weight is 298 g/mol. The van der Waals surface area contributed by atoms with Crippen LogP contribution in [0, 0.1) is 11.8 Å². The van der Waals surface area contributed by atoms with Crippen molar-refractivity contribution in [3.8, 4) is 11.8 Å². The van der Waals surface area contributed by atoms with E-state index < -0.39 is 35.9 Å². The third kappa shape index (κ3) is 2.49. The number of nitrogen functional groups attached to an aromatic ring is 1. The van der Waals surface area contributed by atoms with Gasteiger partial charge in [0.25, 0.3) is 0 Å². The van der Waals surface area contributed by atoms with Crippen LogP contribution in [0.25, 0.3) is 0 Å². The summed E-state index contributed by atoms with van der Waals surface area (Å²) in [5.74, 6) is 4.39. The number of anilines is 1. The van der Waals surface area contributed by atoms with Gasteiger partial charge in [0.1, 0.15) is 18.0 Å². The van der Waals surface area contributed by atoms with Gasteiger partial charge in [-0.2, -0.15) is 14.8 Å². The van der Waals surface area contributed by atoms with Crippen molar-refractivity contribution in [3.05, 3.63) is 16.7 Å². The van der Waals surface area contributed by atoms with Gasteiger partial charge in [0.2, 0.25) is 11.9 Å². The van der Waals surface area contributed by atoms with E-state index in [-0.39, 0.29) is 5.82 Å². The molecule has 1 saturated heterocycles. The van der Waals surface area contributed by atoms with Crippen LogP contribution in [-0.2, 0) is 4.74 Å². The summed E-state index contributed by atoms with van der Waals surface area (Å²) in [4.78, 5) is 15.2. The van der Waals surface area contributed by atoms with Crippen molar-refractivity contribution in [1.29, 1.82) is 0 Å². The molecule has 1 aliphatic rings. The minimum absolute atomic E-state index is 0.132. The number of nitrogens with zero attached hydrogens (tertiary/aromatic N) is 3. The number of ether oxygens (including phenoxy) is 1. The molecule has 0 spiro atoms. The first kappa shape index (κ1) is 15.4. The highest BCUT2D eigenvalue weighted by Crippen LogP contribution is 2.41. The Labute approximate surface area is 119 Å². The molecule has 8 nitrogen and oxygen atoms in total. The summed E-state index contributed by atoms with van der Waals surface area (Å²) in [7, 11) is 0. The SMILES string of the molecule is CC#C[C@@]1(F)C(O)[C@@H]([C@H](C)O)O[C@H]1n1ncc(N)nc1=O. The van der Waals surface area contributed by atoms with Crippen LogP contribution in [-0.4, -0.2) is 49.0 Å². The smallest absolute Gasteiger partial charge is 0.368 e. The fraction of sp³-hybridized carbons (Fsp3) is 0.583. The van der Waals surface area contributed by atoms with Gasteiger partial charge in [-0.1, -0.05) is 5.92 Å². The van der Waals surface area contributed by atoms with E-state index in [1.807, 2.05) is 0 Å². The van der Waals surface area contributed by atoms with Crippen molar-refractivity contribution in [2.75, 3.05) is 5.73 Å². The molecule has 1 aliphatic heterocycles. The number of hydrogen-bond acceptors (Lipinski definition) is 7. The van der Waals surface area contributed by atoms with E-state index in [0.717, 1.165) is 6.20 Å². The maximum atomic E-state index is 15.0. The molecule has 5 atom stereocenters. The Kier molecular flexibility index (Phi) is 3.95. The predicted octanol–water partition coefficient (Wildman–Crippen LogP) is -1.41. The number of rotatable bonds is 2. The minimum Gasteiger partial charge on any atom is -0.391 e. The van der Waals surface area contributed by atoms with Gasteiger partial charge in [0.05, 0.1) is 12.3 Å². The molecule has 1 unspecified atom stereocenters. The van der Waals surface area contributed by atoms with Crippen molar-refractivity contribution < 1.29 is 19.3 Å². The molecule has 0 bridgehead atoms. The summed E-state index contributed by atoms with van der Waals surface area (Å²) < 4.78 is 20.9.